The van der Waals surface area contributed by atoms with E-state index in [9.17, 15) is 9.90 Å². The van der Waals surface area contributed by atoms with Crippen molar-refractivity contribution < 1.29 is 14.6 Å². The number of esters is 1. The summed E-state index contributed by atoms with van der Waals surface area (Å²) < 4.78 is 5.85. The number of allylic oxidation sites excluding steroid dienone is 1. The van der Waals surface area contributed by atoms with Crippen molar-refractivity contribution in [1.82, 2.24) is 0 Å². The molecule has 134 valence electrons. The third-order valence-electron chi connectivity index (χ3n) is 7.82. The zero-order chi connectivity index (χ0) is 16.9. The van der Waals surface area contributed by atoms with Crippen LogP contribution in [0.5, 0.6) is 0 Å². The summed E-state index contributed by atoms with van der Waals surface area (Å²) in [5.41, 5.74) is 3.50. The molecule has 0 bridgehead atoms. The Labute approximate surface area is 145 Å². The average Bonchev–Trinajstić information content (AvgIpc) is 2.90. The van der Waals surface area contributed by atoms with Gasteiger partial charge in [0.1, 0.15) is 6.10 Å². The summed E-state index contributed by atoms with van der Waals surface area (Å²) >= 11 is 0. The zero-order valence-electron chi connectivity index (χ0n) is 15.2. The van der Waals surface area contributed by atoms with E-state index in [2.05, 4.69) is 6.92 Å². The number of carbonyl (C=O) groups is 1. The van der Waals surface area contributed by atoms with Crippen molar-refractivity contribution in [2.75, 3.05) is 0 Å². The lowest BCUT2D eigenvalue weighted by Crippen LogP contribution is -2.46. The molecule has 1 N–H and O–H groups in total. The van der Waals surface area contributed by atoms with Crippen LogP contribution in [-0.4, -0.2) is 23.3 Å². The number of aliphatic hydroxyl groups excluding tert-OH is 1. The van der Waals surface area contributed by atoms with Crippen LogP contribution in [0.15, 0.2) is 11.1 Å². The number of hydrogen-bond donors (Lipinski definition) is 1. The van der Waals surface area contributed by atoms with Crippen molar-refractivity contribution in [3.8, 4) is 0 Å². The number of aliphatic hydroxyl groups is 1. The predicted molar refractivity (Wildman–Crippen MR) is 93.3 cm³/mol. The Balaban J connectivity index is 1.55. The smallest absolute Gasteiger partial charge is 0.305 e. The molecule has 4 aliphatic rings. The maximum Gasteiger partial charge on any atom is 0.305 e. The Morgan fingerprint density at radius 1 is 1.21 bits per heavy atom. The van der Waals surface area contributed by atoms with Crippen LogP contribution in [0.25, 0.3) is 0 Å². The highest BCUT2D eigenvalue weighted by Crippen LogP contribution is 2.61. The summed E-state index contributed by atoms with van der Waals surface area (Å²) in [5.74, 6) is 2.22. The van der Waals surface area contributed by atoms with Gasteiger partial charge in [-0.05, 0) is 75.5 Å². The first kappa shape index (κ1) is 16.6. The normalized spacial score (nSPS) is 44.5. The van der Waals surface area contributed by atoms with E-state index in [1.165, 1.54) is 32.1 Å². The monoisotopic (exact) mass is 332 g/mol. The first-order valence-corrected chi connectivity index (χ1v) is 10.1. The first-order chi connectivity index (χ1) is 11.5. The van der Waals surface area contributed by atoms with Gasteiger partial charge in [0.25, 0.3) is 0 Å². The quantitative estimate of drug-likeness (QED) is 0.603. The predicted octanol–water partition coefficient (Wildman–Crippen LogP) is 4.39. The van der Waals surface area contributed by atoms with Crippen LogP contribution in [0, 0.1) is 23.2 Å². The summed E-state index contributed by atoms with van der Waals surface area (Å²) in [6.07, 6.45) is 10.7. The van der Waals surface area contributed by atoms with Crippen LogP contribution in [0.3, 0.4) is 0 Å². The Hall–Kier alpha value is -0.830. The highest BCUT2D eigenvalue weighted by molar-refractivity contribution is 5.69. The minimum atomic E-state index is -0.0986. The molecule has 2 fully saturated rings. The topological polar surface area (TPSA) is 46.5 Å². The van der Waals surface area contributed by atoms with Crippen LogP contribution >= 0.6 is 0 Å². The maximum absolute atomic E-state index is 11.8. The molecule has 24 heavy (non-hydrogen) atoms. The van der Waals surface area contributed by atoms with Crippen molar-refractivity contribution in [3.63, 3.8) is 0 Å². The molecule has 0 heterocycles. The van der Waals surface area contributed by atoms with Gasteiger partial charge in [-0.2, -0.15) is 0 Å². The van der Waals surface area contributed by atoms with Crippen molar-refractivity contribution in [2.45, 2.75) is 90.3 Å². The van der Waals surface area contributed by atoms with Gasteiger partial charge < -0.3 is 9.84 Å². The Bertz CT molecular complexity index is 551. The third kappa shape index (κ3) is 2.55. The molecule has 0 amide bonds. The number of rotatable bonds is 2. The van der Waals surface area contributed by atoms with E-state index in [0.717, 1.165) is 37.5 Å². The van der Waals surface area contributed by atoms with Gasteiger partial charge in [-0.25, -0.2) is 0 Å². The summed E-state index contributed by atoms with van der Waals surface area (Å²) in [6.45, 7) is 4.28. The van der Waals surface area contributed by atoms with E-state index in [-0.39, 0.29) is 23.6 Å². The molecule has 0 aromatic heterocycles. The largest absolute Gasteiger partial charge is 0.462 e. The van der Waals surface area contributed by atoms with E-state index in [0.29, 0.717) is 12.3 Å². The average molecular weight is 332 g/mol. The highest BCUT2D eigenvalue weighted by Gasteiger charge is 2.56. The molecule has 0 unspecified atom stereocenters. The van der Waals surface area contributed by atoms with Gasteiger partial charge in [0.15, 0.2) is 0 Å². The van der Waals surface area contributed by atoms with Gasteiger partial charge in [0.2, 0.25) is 0 Å². The number of hydrogen-bond acceptors (Lipinski definition) is 3. The summed E-state index contributed by atoms with van der Waals surface area (Å²) in [7, 11) is 0. The number of fused-ring (bicyclic) bond motifs is 4. The molecule has 0 aliphatic heterocycles. The van der Waals surface area contributed by atoms with Gasteiger partial charge in [0, 0.05) is 11.8 Å². The van der Waals surface area contributed by atoms with E-state index < -0.39 is 0 Å². The highest BCUT2D eigenvalue weighted by atomic mass is 16.5. The lowest BCUT2D eigenvalue weighted by atomic mass is 9.54. The summed E-state index contributed by atoms with van der Waals surface area (Å²) in [6, 6.07) is 0. The fourth-order valence-corrected chi connectivity index (χ4v) is 6.58. The Morgan fingerprint density at radius 3 is 2.83 bits per heavy atom. The lowest BCUT2D eigenvalue weighted by Gasteiger charge is -2.52. The van der Waals surface area contributed by atoms with Gasteiger partial charge >= 0.3 is 5.97 Å². The van der Waals surface area contributed by atoms with Crippen LogP contribution in [-0.2, 0) is 9.53 Å². The fraction of sp³-hybridized carbons (Fsp3) is 0.857. The van der Waals surface area contributed by atoms with Crippen molar-refractivity contribution >= 4 is 5.97 Å². The molecule has 0 radical (unpaired) electrons. The van der Waals surface area contributed by atoms with E-state index in [1.54, 1.807) is 11.1 Å². The van der Waals surface area contributed by atoms with Crippen molar-refractivity contribution in [3.05, 3.63) is 11.1 Å². The number of ether oxygens (including phenoxy) is 1. The second kappa shape index (κ2) is 6.16. The first-order valence-electron chi connectivity index (χ1n) is 10.1. The molecule has 4 rings (SSSR count). The molecular formula is C21H32O3. The molecule has 0 aromatic carbocycles. The second-order valence-corrected chi connectivity index (χ2v) is 8.89. The molecule has 3 heteroatoms. The van der Waals surface area contributed by atoms with Crippen molar-refractivity contribution in [1.29, 1.82) is 0 Å². The Morgan fingerprint density at radius 2 is 2.04 bits per heavy atom. The zero-order valence-corrected chi connectivity index (χ0v) is 15.2. The summed E-state index contributed by atoms with van der Waals surface area (Å²) in [4.78, 5) is 11.8. The fourth-order valence-electron chi connectivity index (χ4n) is 6.58. The van der Waals surface area contributed by atoms with Crippen LogP contribution in [0.2, 0.25) is 0 Å². The summed E-state index contributed by atoms with van der Waals surface area (Å²) in [5, 5.41) is 9.99. The van der Waals surface area contributed by atoms with E-state index in [1.807, 2.05) is 6.92 Å². The third-order valence-corrected chi connectivity index (χ3v) is 7.82. The molecule has 2 saturated carbocycles. The minimum absolute atomic E-state index is 0.0288. The lowest BCUT2D eigenvalue weighted by molar-refractivity contribution is -0.157. The molecule has 0 spiro atoms. The molecule has 0 aromatic rings. The molecule has 6 atom stereocenters. The SMILES string of the molecule is CCC(=O)O[C@H]1CC[C@H]2[C@@H]3CCC4=C(CC[C@H](O)C4)[C@H]3CC[C@]12C. The van der Waals surface area contributed by atoms with E-state index in [4.69, 9.17) is 4.74 Å². The number of carbonyl (C=O) groups excluding carboxylic acids is 1. The van der Waals surface area contributed by atoms with Crippen LogP contribution in [0.1, 0.15) is 78.1 Å². The molecule has 3 nitrogen and oxygen atoms in total. The standard InChI is InChI=1S/C21H32O3/c1-3-20(23)24-19-9-8-18-17-6-4-13-12-14(22)5-7-15(13)16(17)10-11-21(18,19)2/h14,16-19,22H,3-12H2,1-2H3/t14-,16+,17+,18-,19-,21-/m0/s1. The Kier molecular flexibility index (Phi) is 4.27. The molecular weight excluding hydrogens is 300 g/mol. The van der Waals surface area contributed by atoms with Crippen molar-refractivity contribution in [2.24, 2.45) is 23.2 Å². The van der Waals surface area contributed by atoms with E-state index >= 15 is 0 Å². The molecule has 0 saturated heterocycles. The second-order valence-electron chi connectivity index (χ2n) is 8.89. The van der Waals surface area contributed by atoms with Gasteiger partial charge in [0.05, 0.1) is 6.10 Å². The molecule has 4 aliphatic carbocycles. The maximum atomic E-state index is 11.8. The van der Waals surface area contributed by atoms with Crippen LogP contribution in [0.4, 0.5) is 0 Å². The minimum Gasteiger partial charge on any atom is -0.462 e. The van der Waals surface area contributed by atoms with Gasteiger partial charge in [-0.3, -0.25) is 4.79 Å². The van der Waals surface area contributed by atoms with Gasteiger partial charge in [-0.1, -0.05) is 25.0 Å². The van der Waals surface area contributed by atoms with Gasteiger partial charge in [-0.15, -0.1) is 0 Å². The van der Waals surface area contributed by atoms with Crippen LogP contribution < -0.4 is 0 Å².